The quantitative estimate of drug-likeness (QED) is 0.689. The molecule has 2 aromatic rings. The van der Waals surface area contributed by atoms with Crippen LogP contribution in [0.1, 0.15) is 17.3 Å². The number of aromatic nitrogens is 1. The van der Waals surface area contributed by atoms with Crippen LogP contribution in [0.5, 0.6) is 0 Å². The lowest BCUT2D eigenvalue weighted by molar-refractivity contribution is 0.573. The number of nitrogens with one attached hydrogen (secondary N) is 1. The molecule has 2 nitrogen and oxygen atoms in total. The first-order valence-electron chi connectivity index (χ1n) is 5.94. The highest BCUT2D eigenvalue weighted by Gasteiger charge is 2.18. The van der Waals surface area contributed by atoms with Crippen molar-refractivity contribution in [1.29, 1.82) is 0 Å². The van der Waals surface area contributed by atoms with Crippen LogP contribution in [0.2, 0.25) is 10.0 Å². The smallest absolute Gasteiger partial charge is 0.0719 e. The summed E-state index contributed by atoms with van der Waals surface area (Å²) in [6, 6.07) is 7.53. The van der Waals surface area contributed by atoms with Crippen LogP contribution in [0.3, 0.4) is 0 Å². The van der Waals surface area contributed by atoms with Crippen molar-refractivity contribution in [3.63, 3.8) is 0 Å². The second-order valence-corrected chi connectivity index (χ2v) is 6.85. The van der Waals surface area contributed by atoms with E-state index in [1.54, 1.807) is 6.20 Å². The van der Waals surface area contributed by atoms with Gasteiger partial charge >= 0.3 is 0 Å². The highest BCUT2D eigenvalue weighted by Crippen LogP contribution is 2.31. The van der Waals surface area contributed by atoms with Crippen LogP contribution in [0.4, 0.5) is 0 Å². The average Bonchev–Trinajstić information content (AvgIpc) is 2.40. The zero-order chi connectivity index (χ0) is 14.7. The van der Waals surface area contributed by atoms with Crippen molar-refractivity contribution in [2.75, 3.05) is 7.05 Å². The number of nitrogens with zero attached hydrogens (tertiary/aromatic N) is 1. The van der Waals surface area contributed by atoms with Crippen LogP contribution in [0.15, 0.2) is 39.4 Å². The maximum absolute atomic E-state index is 6.23. The van der Waals surface area contributed by atoms with Gasteiger partial charge in [0.1, 0.15) is 0 Å². The second kappa shape index (κ2) is 7.23. The summed E-state index contributed by atoms with van der Waals surface area (Å²) in [5.74, 6) is 0. The molecule has 0 amide bonds. The molecule has 20 heavy (non-hydrogen) atoms. The molecular formula is C14H12Br2Cl2N2. The van der Waals surface area contributed by atoms with E-state index in [1.165, 1.54) is 0 Å². The van der Waals surface area contributed by atoms with Crippen molar-refractivity contribution in [3.8, 4) is 0 Å². The molecule has 0 spiro atoms. The van der Waals surface area contributed by atoms with Crippen molar-refractivity contribution in [2.24, 2.45) is 0 Å². The van der Waals surface area contributed by atoms with Gasteiger partial charge in [-0.3, -0.25) is 4.98 Å². The van der Waals surface area contributed by atoms with Gasteiger partial charge in [-0.15, -0.1) is 0 Å². The van der Waals surface area contributed by atoms with Crippen molar-refractivity contribution in [1.82, 2.24) is 10.3 Å². The Morgan fingerprint density at radius 2 is 1.90 bits per heavy atom. The summed E-state index contributed by atoms with van der Waals surface area (Å²) in [5, 5.41) is 4.60. The maximum Gasteiger partial charge on any atom is 0.0719 e. The van der Waals surface area contributed by atoms with E-state index in [0.29, 0.717) is 16.5 Å². The normalized spacial score (nSPS) is 12.4. The summed E-state index contributed by atoms with van der Waals surface area (Å²) in [6.45, 7) is 0. The van der Waals surface area contributed by atoms with Gasteiger partial charge in [0.05, 0.1) is 11.7 Å². The molecule has 1 N–H and O–H groups in total. The molecule has 0 saturated carbocycles. The first-order chi connectivity index (χ1) is 9.52. The van der Waals surface area contributed by atoms with Gasteiger partial charge in [0.25, 0.3) is 0 Å². The van der Waals surface area contributed by atoms with Gasteiger partial charge in [0, 0.05) is 25.2 Å². The summed E-state index contributed by atoms with van der Waals surface area (Å²) >= 11 is 19.4. The summed E-state index contributed by atoms with van der Waals surface area (Å²) in [4.78, 5) is 4.46. The third-order valence-corrected chi connectivity index (χ3v) is 4.76. The number of hydrogen-bond acceptors (Lipinski definition) is 2. The first-order valence-corrected chi connectivity index (χ1v) is 8.28. The number of pyridine rings is 1. The Morgan fingerprint density at radius 3 is 2.45 bits per heavy atom. The molecule has 1 unspecified atom stereocenters. The van der Waals surface area contributed by atoms with E-state index in [2.05, 4.69) is 42.2 Å². The fourth-order valence-corrected chi connectivity index (χ4v) is 3.76. The molecule has 1 heterocycles. The van der Waals surface area contributed by atoms with E-state index < -0.39 is 0 Å². The van der Waals surface area contributed by atoms with Gasteiger partial charge in [0.15, 0.2) is 0 Å². The van der Waals surface area contributed by atoms with Crippen LogP contribution >= 0.6 is 55.1 Å². The maximum atomic E-state index is 6.23. The monoisotopic (exact) mass is 436 g/mol. The lowest BCUT2D eigenvalue weighted by Crippen LogP contribution is -2.21. The van der Waals surface area contributed by atoms with E-state index in [-0.39, 0.29) is 6.04 Å². The Bertz CT molecular complexity index is 600. The molecule has 0 saturated heterocycles. The number of rotatable bonds is 4. The van der Waals surface area contributed by atoms with Gasteiger partial charge in [0.2, 0.25) is 0 Å². The van der Waals surface area contributed by atoms with Crippen LogP contribution in [0.25, 0.3) is 0 Å². The van der Waals surface area contributed by atoms with Crippen LogP contribution < -0.4 is 5.32 Å². The van der Waals surface area contributed by atoms with Gasteiger partial charge in [-0.1, -0.05) is 29.3 Å². The average molecular weight is 439 g/mol. The fraction of sp³-hybridized carbons (Fsp3) is 0.214. The third-order valence-electron chi connectivity index (χ3n) is 2.98. The van der Waals surface area contributed by atoms with Crippen LogP contribution in [0, 0.1) is 0 Å². The second-order valence-electron chi connectivity index (χ2n) is 4.27. The molecule has 0 radical (unpaired) electrons. The molecule has 1 atom stereocenters. The molecule has 6 heteroatoms. The molecule has 0 fully saturated rings. The minimum Gasteiger partial charge on any atom is -0.311 e. The Hall–Kier alpha value is -0.130. The third kappa shape index (κ3) is 3.74. The minimum absolute atomic E-state index is 0.0230. The van der Waals surface area contributed by atoms with Crippen molar-refractivity contribution in [3.05, 3.63) is 60.7 Å². The largest absolute Gasteiger partial charge is 0.311 e. The highest BCUT2D eigenvalue weighted by molar-refractivity contribution is 9.11. The standard InChI is InChI=1S/C14H12Br2Cl2N2/c1-19-13(14-10(16)5-8(15)7-20-14)6-9-11(17)3-2-4-12(9)18/h2-5,7,13,19H,6H2,1H3. The molecule has 2 rings (SSSR count). The molecule has 1 aromatic carbocycles. The summed E-state index contributed by atoms with van der Waals surface area (Å²) < 4.78 is 1.87. The van der Waals surface area contributed by atoms with Crippen molar-refractivity contribution < 1.29 is 0 Å². The zero-order valence-electron chi connectivity index (χ0n) is 10.6. The summed E-state index contributed by atoms with van der Waals surface area (Å²) in [6.07, 6.45) is 2.45. The summed E-state index contributed by atoms with van der Waals surface area (Å²) in [5.41, 5.74) is 1.85. The van der Waals surface area contributed by atoms with E-state index in [0.717, 1.165) is 20.2 Å². The van der Waals surface area contributed by atoms with Crippen LogP contribution in [-0.2, 0) is 6.42 Å². The molecule has 106 valence electrons. The predicted molar refractivity (Wildman–Crippen MR) is 91.6 cm³/mol. The van der Waals surface area contributed by atoms with E-state index in [9.17, 15) is 0 Å². The van der Waals surface area contributed by atoms with Crippen molar-refractivity contribution in [2.45, 2.75) is 12.5 Å². The molecule has 1 aromatic heterocycles. The molecule has 0 aliphatic carbocycles. The Balaban J connectivity index is 2.34. The zero-order valence-corrected chi connectivity index (χ0v) is 15.3. The van der Waals surface area contributed by atoms with E-state index >= 15 is 0 Å². The molecular weight excluding hydrogens is 427 g/mol. The number of hydrogen-bond donors (Lipinski definition) is 1. The first kappa shape index (κ1) is 16.2. The van der Waals surface area contributed by atoms with Gasteiger partial charge < -0.3 is 5.32 Å². The number of benzene rings is 1. The Morgan fingerprint density at radius 1 is 1.25 bits per heavy atom. The Labute approximate surface area is 145 Å². The van der Waals surface area contributed by atoms with Crippen molar-refractivity contribution >= 4 is 55.1 Å². The lowest BCUT2D eigenvalue weighted by Gasteiger charge is -2.18. The molecule has 0 bridgehead atoms. The fourth-order valence-electron chi connectivity index (χ4n) is 1.95. The Kier molecular flexibility index (Phi) is 5.87. The highest BCUT2D eigenvalue weighted by atomic mass is 79.9. The van der Waals surface area contributed by atoms with E-state index in [1.807, 2.05) is 31.3 Å². The topological polar surface area (TPSA) is 24.9 Å². The minimum atomic E-state index is 0.0230. The van der Waals surface area contributed by atoms with E-state index in [4.69, 9.17) is 23.2 Å². The molecule has 0 aliphatic rings. The lowest BCUT2D eigenvalue weighted by atomic mass is 10.0. The predicted octanol–water partition coefficient (Wildman–Crippen LogP) is 5.42. The summed E-state index contributed by atoms with van der Waals surface area (Å²) in [7, 11) is 1.89. The van der Waals surface area contributed by atoms with Gasteiger partial charge in [-0.25, -0.2) is 0 Å². The number of halogens is 4. The number of likely N-dealkylation sites (N-methyl/N-ethyl adjacent to an activating group) is 1. The molecule has 0 aliphatic heterocycles. The van der Waals surface area contributed by atoms with Gasteiger partial charge in [-0.2, -0.15) is 0 Å². The van der Waals surface area contributed by atoms with Gasteiger partial charge in [-0.05, 0) is 69.1 Å². The SMILES string of the molecule is CNC(Cc1c(Cl)cccc1Cl)c1ncc(Br)cc1Br. The van der Waals surface area contributed by atoms with Crippen LogP contribution in [-0.4, -0.2) is 12.0 Å².